The van der Waals surface area contributed by atoms with E-state index in [4.69, 9.17) is 4.98 Å². The zero-order chi connectivity index (χ0) is 19.3. The lowest BCUT2D eigenvalue weighted by Crippen LogP contribution is -2.09. The van der Waals surface area contributed by atoms with Gasteiger partial charge in [-0.15, -0.1) is 11.3 Å². The Labute approximate surface area is 166 Å². The van der Waals surface area contributed by atoms with Crippen molar-refractivity contribution in [3.63, 3.8) is 0 Å². The molecule has 0 fully saturated rings. The number of aromatic nitrogens is 5. The average Bonchev–Trinajstić information content (AvgIpc) is 3.37. The number of anilines is 1. The Bertz CT molecular complexity index is 1040. The minimum atomic E-state index is -0.267. The van der Waals surface area contributed by atoms with Crippen molar-refractivity contribution < 1.29 is 4.39 Å². The van der Waals surface area contributed by atoms with Crippen molar-refractivity contribution >= 4 is 17.3 Å². The lowest BCUT2D eigenvalue weighted by Gasteiger charge is -2.11. The van der Waals surface area contributed by atoms with Crippen LogP contribution in [0.3, 0.4) is 0 Å². The van der Waals surface area contributed by atoms with Crippen LogP contribution >= 0.6 is 11.3 Å². The molecule has 28 heavy (non-hydrogen) atoms. The summed E-state index contributed by atoms with van der Waals surface area (Å²) in [5.74, 6) is 0.302. The van der Waals surface area contributed by atoms with E-state index in [9.17, 15) is 4.39 Å². The lowest BCUT2D eigenvalue weighted by molar-refractivity contribution is 0.628. The summed E-state index contributed by atoms with van der Waals surface area (Å²) in [6.45, 7) is 3.58. The fourth-order valence-electron chi connectivity index (χ4n) is 2.89. The van der Waals surface area contributed by atoms with Crippen molar-refractivity contribution in [3.8, 4) is 21.7 Å². The third-order valence-electron chi connectivity index (χ3n) is 4.34. The first-order valence-electron chi connectivity index (χ1n) is 8.94. The molecule has 3 heterocycles. The highest BCUT2D eigenvalue weighted by atomic mass is 32.1. The molecule has 0 saturated carbocycles. The molecule has 3 aromatic heterocycles. The van der Waals surface area contributed by atoms with Gasteiger partial charge in [0.1, 0.15) is 5.82 Å². The third kappa shape index (κ3) is 4.07. The number of hydrogen-bond donors (Lipinski definition) is 1. The van der Waals surface area contributed by atoms with Crippen molar-refractivity contribution in [2.75, 3.05) is 11.9 Å². The van der Waals surface area contributed by atoms with Gasteiger partial charge in [0.15, 0.2) is 0 Å². The fraction of sp³-hybridized carbons (Fsp3) is 0.200. The smallest absolute Gasteiger partial charge is 0.223 e. The van der Waals surface area contributed by atoms with Crippen LogP contribution in [0.5, 0.6) is 0 Å². The van der Waals surface area contributed by atoms with Crippen LogP contribution in [0.2, 0.25) is 0 Å². The van der Waals surface area contributed by atoms with E-state index in [0.29, 0.717) is 5.95 Å². The number of nitrogens with zero attached hydrogens (tertiary/aromatic N) is 5. The molecular formula is C20H19FN6S. The van der Waals surface area contributed by atoms with E-state index >= 15 is 0 Å². The van der Waals surface area contributed by atoms with Crippen LogP contribution in [0.1, 0.15) is 12.1 Å². The number of hydrogen-bond acceptors (Lipinski definition) is 6. The summed E-state index contributed by atoms with van der Waals surface area (Å²) in [6, 6.07) is 6.38. The second-order valence-electron chi connectivity index (χ2n) is 6.31. The Hall–Kier alpha value is -3.13. The Morgan fingerprint density at radius 2 is 2.04 bits per heavy atom. The second kappa shape index (κ2) is 8.26. The molecule has 8 heteroatoms. The summed E-state index contributed by atoms with van der Waals surface area (Å²) in [5.41, 5.74) is 5.25. The van der Waals surface area contributed by atoms with Crippen LogP contribution in [0, 0.1) is 12.7 Å². The maximum atomic E-state index is 13.3. The SMILES string of the molecule is Cc1ncsc1-c1nc(NCCCn2ccnc2)ncc1-c1ccc(F)cc1. The summed E-state index contributed by atoms with van der Waals surface area (Å²) >= 11 is 1.54. The largest absolute Gasteiger partial charge is 0.354 e. The van der Waals surface area contributed by atoms with Crippen molar-refractivity contribution in [1.82, 2.24) is 24.5 Å². The van der Waals surface area contributed by atoms with E-state index in [1.54, 1.807) is 36.4 Å². The molecule has 1 aromatic carbocycles. The van der Waals surface area contributed by atoms with E-state index in [1.165, 1.54) is 23.5 Å². The van der Waals surface area contributed by atoms with Gasteiger partial charge in [0, 0.05) is 37.2 Å². The number of nitrogens with one attached hydrogen (secondary N) is 1. The van der Waals surface area contributed by atoms with Gasteiger partial charge in [-0.1, -0.05) is 12.1 Å². The van der Waals surface area contributed by atoms with Gasteiger partial charge >= 0.3 is 0 Å². The molecule has 142 valence electrons. The molecule has 0 aliphatic carbocycles. The molecule has 0 aliphatic rings. The number of imidazole rings is 1. The van der Waals surface area contributed by atoms with Crippen LogP contribution in [-0.2, 0) is 6.54 Å². The topological polar surface area (TPSA) is 68.5 Å². The zero-order valence-electron chi connectivity index (χ0n) is 15.3. The number of halogens is 1. The van der Waals surface area contributed by atoms with Gasteiger partial charge in [-0.3, -0.25) is 0 Å². The van der Waals surface area contributed by atoms with Gasteiger partial charge in [0.25, 0.3) is 0 Å². The molecule has 0 bridgehead atoms. The predicted octanol–water partition coefficient (Wildman–Crippen LogP) is 4.41. The molecule has 0 spiro atoms. The number of aryl methyl sites for hydroxylation is 2. The van der Waals surface area contributed by atoms with Crippen LogP contribution in [0.25, 0.3) is 21.7 Å². The highest BCUT2D eigenvalue weighted by molar-refractivity contribution is 7.13. The Balaban J connectivity index is 1.57. The molecule has 4 aromatic rings. The van der Waals surface area contributed by atoms with Crippen molar-refractivity contribution in [1.29, 1.82) is 0 Å². The maximum Gasteiger partial charge on any atom is 0.223 e. The zero-order valence-corrected chi connectivity index (χ0v) is 16.2. The Morgan fingerprint density at radius 3 is 2.75 bits per heavy atom. The minimum absolute atomic E-state index is 0.267. The van der Waals surface area contributed by atoms with Gasteiger partial charge < -0.3 is 9.88 Å². The number of benzene rings is 1. The highest BCUT2D eigenvalue weighted by Crippen LogP contribution is 2.34. The highest BCUT2D eigenvalue weighted by Gasteiger charge is 2.15. The van der Waals surface area contributed by atoms with E-state index in [-0.39, 0.29) is 5.82 Å². The van der Waals surface area contributed by atoms with E-state index in [2.05, 4.69) is 20.3 Å². The normalized spacial score (nSPS) is 10.9. The van der Waals surface area contributed by atoms with Gasteiger partial charge in [-0.25, -0.2) is 24.3 Å². The first-order valence-corrected chi connectivity index (χ1v) is 9.82. The van der Waals surface area contributed by atoms with Crippen LogP contribution in [0.15, 0.2) is 54.7 Å². The third-order valence-corrected chi connectivity index (χ3v) is 5.28. The van der Waals surface area contributed by atoms with E-state index in [1.807, 2.05) is 17.7 Å². The first-order chi connectivity index (χ1) is 13.7. The number of rotatable bonds is 7. The Kier molecular flexibility index (Phi) is 5.38. The van der Waals surface area contributed by atoms with Crippen LogP contribution in [-0.4, -0.2) is 31.0 Å². The lowest BCUT2D eigenvalue weighted by atomic mass is 10.0. The monoisotopic (exact) mass is 394 g/mol. The Morgan fingerprint density at radius 1 is 1.18 bits per heavy atom. The van der Waals surface area contributed by atoms with Gasteiger partial charge in [-0.05, 0) is 31.0 Å². The van der Waals surface area contributed by atoms with Crippen molar-refractivity contribution in [2.45, 2.75) is 19.9 Å². The molecule has 0 aliphatic heterocycles. The maximum absolute atomic E-state index is 13.3. The van der Waals surface area contributed by atoms with Crippen molar-refractivity contribution in [2.24, 2.45) is 0 Å². The summed E-state index contributed by atoms with van der Waals surface area (Å²) in [6.07, 6.45) is 8.23. The molecule has 0 saturated heterocycles. The van der Waals surface area contributed by atoms with E-state index in [0.717, 1.165) is 46.9 Å². The minimum Gasteiger partial charge on any atom is -0.354 e. The molecule has 0 amide bonds. The quantitative estimate of drug-likeness (QED) is 0.470. The molecule has 4 rings (SSSR count). The summed E-state index contributed by atoms with van der Waals surface area (Å²) in [7, 11) is 0. The molecule has 1 N–H and O–H groups in total. The summed E-state index contributed by atoms with van der Waals surface area (Å²) in [5, 5.41) is 3.28. The predicted molar refractivity (Wildman–Crippen MR) is 109 cm³/mol. The second-order valence-corrected chi connectivity index (χ2v) is 7.17. The molecule has 0 radical (unpaired) electrons. The van der Waals surface area contributed by atoms with Gasteiger partial charge in [0.05, 0.1) is 28.1 Å². The van der Waals surface area contributed by atoms with E-state index < -0.39 is 0 Å². The molecule has 0 unspecified atom stereocenters. The van der Waals surface area contributed by atoms with Crippen LogP contribution in [0.4, 0.5) is 10.3 Å². The molecular weight excluding hydrogens is 375 g/mol. The number of thiazole rings is 1. The first kappa shape index (κ1) is 18.2. The molecule has 0 atom stereocenters. The standard InChI is InChI=1S/C20H19FN6S/c1-14-19(28-13-25-14)18-17(15-3-5-16(21)6-4-15)11-24-20(26-18)23-7-2-9-27-10-8-22-12-27/h3-6,8,10-13H,2,7,9H2,1H3,(H,23,24,26). The van der Waals surface area contributed by atoms with Crippen LogP contribution < -0.4 is 5.32 Å². The average molecular weight is 394 g/mol. The summed E-state index contributed by atoms with van der Waals surface area (Å²) in [4.78, 5) is 18.6. The summed E-state index contributed by atoms with van der Waals surface area (Å²) < 4.78 is 15.4. The van der Waals surface area contributed by atoms with Crippen molar-refractivity contribution in [3.05, 3.63) is 66.2 Å². The fourth-order valence-corrected chi connectivity index (χ4v) is 3.70. The van der Waals surface area contributed by atoms with Gasteiger partial charge in [0.2, 0.25) is 5.95 Å². The molecule has 6 nitrogen and oxygen atoms in total. The van der Waals surface area contributed by atoms with Gasteiger partial charge in [-0.2, -0.15) is 0 Å².